The van der Waals surface area contributed by atoms with Gasteiger partial charge >= 0.3 is 29.6 Å². The van der Waals surface area contributed by atoms with E-state index in [0.717, 1.165) is 5.69 Å². The van der Waals surface area contributed by atoms with Gasteiger partial charge in [0.2, 0.25) is 0 Å². The topological polar surface area (TPSA) is 127 Å². The van der Waals surface area contributed by atoms with Crippen LogP contribution < -0.4 is 10.5 Å². The zero-order chi connectivity index (χ0) is 21.8. The second-order valence-corrected chi connectivity index (χ2v) is 8.02. The molecule has 1 heterocycles. The first-order valence-electron chi connectivity index (χ1n) is 9.25. The van der Waals surface area contributed by atoms with E-state index in [0.29, 0.717) is 28.8 Å². The molecular formula is C22H19N4NaO4S. The second-order valence-electron chi connectivity index (χ2n) is 6.63. The van der Waals surface area contributed by atoms with Crippen LogP contribution in [0.2, 0.25) is 0 Å². The number of fused-ring (bicyclic) bond motifs is 1. The molecule has 158 valence electrons. The Labute approximate surface area is 207 Å². The average molecular weight is 458 g/mol. The number of azo groups is 1. The van der Waals surface area contributed by atoms with Crippen LogP contribution in [-0.4, -0.2) is 47.5 Å². The van der Waals surface area contributed by atoms with E-state index in [4.69, 9.17) is 10.5 Å². The molecule has 32 heavy (non-hydrogen) atoms. The number of ether oxygens (including phenoxy) is 1. The van der Waals surface area contributed by atoms with Crippen molar-refractivity contribution < 1.29 is 17.7 Å². The van der Waals surface area contributed by atoms with Crippen LogP contribution in [0.3, 0.4) is 0 Å². The number of nitrogens with two attached hydrogens (primary N) is 1. The Kier molecular flexibility index (Phi) is 7.60. The molecule has 0 saturated heterocycles. The van der Waals surface area contributed by atoms with Gasteiger partial charge in [0.1, 0.15) is 22.9 Å². The molecule has 0 aliphatic rings. The summed E-state index contributed by atoms with van der Waals surface area (Å²) < 4.78 is 38.9. The quantitative estimate of drug-likeness (QED) is 0.191. The molecule has 0 unspecified atom stereocenters. The molecule has 3 aromatic carbocycles. The van der Waals surface area contributed by atoms with E-state index in [1.165, 1.54) is 6.07 Å². The molecule has 0 aliphatic heterocycles. The molecule has 0 bridgehead atoms. The van der Waals surface area contributed by atoms with Crippen LogP contribution in [0.15, 0.2) is 94.1 Å². The number of nitrogens with zero attached hydrogens (tertiary/aromatic N) is 3. The van der Waals surface area contributed by atoms with E-state index < -0.39 is 10.1 Å². The van der Waals surface area contributed by atoms with Crippen LogP contribution in [0.4, 0.5) is 17.1 Å². The molecule has 0 atom stereocenters. The Bertz CT molecular complexity index is 1360. The summed E-state index contributed by atoms with van der Waals surface area (Å²) in [6.07, 6.45) is 1.70. The van der Waals surface area contributed by atoms with Crippen molar-refractivity contribution in [1.82, 2.24) is 4.98 Å². The first-order valence-corrected chi connectivity index (χ1v) is 10.7. The van der Waals surface area contributed by atoms with Crippen molar-refractivity contribution in [2.75, 3.05) is 5.73 Å². The van der Waals surface area contributed by atoms with Gasteiger partial charge in [0.15, 0.2) is 0 Å². The van der Waals surface area contributed by atoms with Crippen molar-refractivity contribution in [1.29, 1.82) is 0 Å². The molecule has 4 rings (SSSR count). The van der Waals surface area contributed by atoms with Crippen molar-refractivity contribution in [3.63, 3.8) is 0 Å². The Morgan fingerprint density at radius 1 is 0.938 bits per heavy atom. The van der Waals surface area contributed by atoms with Gasteiger partial charge in [-0.3, -0.25) is 9.54 Å². The first-order chi connectivity index (χ1) is 14.9. The molecule has 0 spiro atoms. The average Bonchev–Trinajstić information content (AvgIpc) is 2.78. The molecular weight excluding hydrogens is 439 g/mol. The third-order valence-electron chi connectivity index (χ3n) is 4.53. The number of nitrogen functional groups attached to an aromatic ring is 1. The fraction of sp³-hybridized carbons (Fsp3) is 0.0455. The van der Waals surface area contributed by atoms with Crippen molar-refractivity contribution in [2.24, 2.45) is 10.2 Å². The number of rotatable bonds is 6. The minimum atomic E-state index is -4.47. The minimum absolute atomic E-state index is 0. The molecule has 0 saturated carbocycles. The fourth-order valence-corrected chi connectivity index (χ4v) is 3.72. The standard InChI is InChI=1S/C22H18N4O4S.Na.H/c23-22-19-7-2-1-6-18(19)21(31(27,28)29)13-20(22)26-25-15-8-10-17(11-9-15)30-14-16-5-3-4-12-24-16;;/h1-13H,14,23H2,(H,27,28,29);;. The van der Waals surface area contributed by atoms with Crippen molar-refractivity contribution in [2.45, 2.75) is 11.5 Å². The summed E-state index contributed by atoms with van der Waals surface area (Å²) in [5.41, 5.74) is 7.90. The molecule has 4 aromatic rings. The van der Waals surface area contributed by atoms with Crippen LogP contribution in [-0.2, 0) is 16.7 Å². The van der Waals surface area contributed by atoms with E-state index >= 15 is 0 Å². The van der Waals surface area contributed by atoms with E-state index in [2.05, 4.69) is 15.2 Å². The van der Waals surface area contributed by atoms with E-state index in [9.17, 15) is 13.0 Å². The van der Waals surface area contributed by atoms with Crippen molar-refractivity contribution in [3.05, 3.63) is 84.7 Å². The normalized spacial score (nSPS) is 11.4. The van der Waals surface area contributed by atoms with Gasteiger partial charge in [0.25, 0.3) is 10.1 Å². The van der Waals surface area contributed by atoms with Gasteiger partial charge in [-0.2, -0.15) is 13.5 Å². The maximum atomic E-state index is 11.8. The van der Waals surface area contributed by atoms with Gasteiger partial charge in [-0.05, 0) is 42.5 Å². The number of hydrogen-bond acceptors (Lipinski definition) is 7. The summed E-state index contributed by atoms with van der Waals surface area (Å²) in [5, 5.41) is 9.00. The third-order valence-corrected chi connectivity index (χ3v) is 5.42. The summed E-state index contributed by atoms with van der Waals surface area (Å²) in [6, 6.07) is 20.3. The Morgan fingerprint density at radius 3 is 2.28 bits per heavy atom. The Balaban J connectivity index is 0.00000289. The number of aromatic nitrogens is 1. The Morgan fingerprint density at radius 2 is 1.62 bits per heavy atom. The molecule has 0 amide bonds. The maximum absolute atomic E-state index is 11.8. The van der Waals surface area contributed by atoms with E-state index in [1.54, 1.807) is 54.7 Å². The molecule has 0 aliphatic carbocycles. The molecule has 1 aromatic heterocycles. The van der Waals surface area contributed by atoms with E-state index in [1.807, 2.05) is 18.2 Å². The fourth-order valence-electron chi connectivity index (χ4n) is 3.01. The number of hydrogen-bond donors (Lipinski definition) is 2. The van der Waals surface area contributed by atoms with Crippen molar-refractivity contribution >= 4 is 67.5 Å². The van der Waals surface area contributed by atoms with Gasteiger partial charge in [-0.1, -0.05) is 30.3 Å². The van der Waals surface area contributed by atoms with Gasteiger partial charge in [-0.15, -0.1) is 5.11 Å². The first kappa shape index (κ1) is 23.8. The van der Waals surface area contributed by atoms with Gasteiger partial charge in [-0.25, -0.2) is 0 Å². The molecule has 3 N–H and O–H groups in total. The van der Waals surface area contributed by atoms with Gasteiger partial charge < -0.3 is 10.5 Å². The second kappa shape index (κ2) is 10.2. The zero-order valence-electron chi connectivity index (χ0n) is 16.2. The predicted octanol–water partition coefficient (Wildman–Crippen LogP) is 4.41. The van der Waals surface area contributed by atoms with Crippen LogP contribution in [0, 0.1) is 0 Å². The summed E-state index contributed by atoms with van der Waals surface area (Å²) in [7, 11) is -4.47. The Hall–Kier alpha value is -2.82. The summed E-state index contributed by atoms with van der Waals surface area (Å²) in [6.45, 7) is 0.341. The van der Waals surface area contributed by atoms with Gasteiger partial charge in [0, 0.05) is 17.0 Å². The number of pyridine rings is 1. The van der Waals surface area contributed by atoms with Crippen LogP contribution >= 0.6 is 0 Å². The van der Waals surface area contributed by atoms with Crippen LogP contribution in [0.1, 0.15) is 5.69 Å². The van der Waals surface area contributed by atoms with E-state index in [-0.39, 0.29) is 45.8 Å². The SMILES string of the molecule is Nc1c(N=Nc2ccc(OCc3ccccn3)cc2)cc(S(=O)(=O)O)c2ccccc12.[NaH]. The molecule has 0 radical (unpaired) electrons. The zero-order valence-corrected chi connectivity index (χ0v) is 17.0. The third kappa shape index (κ3) is 5.50. The summed E-state index contributed by atoms with van der Waals surface area (Å²) in [4.78, 5) is 3.92. The molecule has 0 fully saturated rings. The number of benzene rings is 3. The summed E-state index contributed by atoms with van der Waals surface area (Å²) in [5.74, 6) is 0.642. The van der Waals surface area contributed by atoms with Crippen LogP contribution in [0.25, 0.3) is 10.8 Å². The van der Waals surface area contributed by atoms with Crippen molar-refractivity contribution in [3.8, 4) is 5.75 Å². The van der Waals surface area contributed by atoms with Gasteiger partial charge in [0.05, 0.1) is 17.1 Å². The van der Waals surface area contributed by atoms with Crippen LogP contribution in [0.5, 0.6) is 5.75 Å². The monoisotopic (exact) mass is 458 g/mol. The predicted molar refractivity (Wildman–Crippen MR) is 125 cm³/mol. The summed E-state index contributed by atoms with van der Waals surface area (Å²) >= 11 is 0. The number of anilines is 1. The molecule has 10 heteroatoms. The molecule has 8 nitrogen and oxygen atoms in total.